The first kappa shape index (κ1) is 22.7. The van der Waals surface area contributed by atoms with Gasteiger partial charge >= 0.3 is 0 Å². The third-order valence-electron chi connectivity index (χ3n) is 4.22. The average molecular weight is 473 g/mol. The van der Waals surface area contributed by atoms with Gasteiger partial charge in [0.15, 0.2) is 5.96 Å². The zero-order valence-corrected chi connectivity index (χ0v) is 18.5. The van der Waals surface area contributed by atoms with Gasteiger partial charge in [-0.3, -0.25) is 4.79 Å². The van der Waals surface area contributed by atoms with Gasteiger partial charge in [-0.1, -0.05) is 24.3 Å². The summed E-state index contributed by atoms with van der Waals surface area (Å²) < 4.78 is 0. The third kappa shape index (κ3) is 7.49. The Kier molecular flexibility index (Phi) is 10.6. The molecular weight excluding hydrogens is 441 g/mol. The highest BCUT2D eigenvalue weighted by Crippen LogP contribution is 2.12. The summed E-state index contributed by atoms with van der Waals surface area (Å²) in [6.07, 6.45) is 2.23. The first-order valence-corrected chi connectivity index (χ1v) is 9.11. The maximum Gasteiger partial charge on any atom is 0.241 e. The highest BCUT2D eigenvalue weighted by molar-refractivity contribution is 14.0. The van der Waals surface area contributed by atoms with E-state index in [-0.39, 0.29) is 29.9 Å². The Morgan fingerprint density at radius 1 is 1.15 bits per heavy atom. The molecule has 0 unspecified atom stereocenters. The number of nitrogens with one attached hydrogen (secondary N) is 2. The molecule has 1 aliphatic rings. The average Bonchev–Trinajstić information content (AvgIpc) is 3.12. The van der Waals surface area contributed by atoms with Gasteiger partial charge in [-0.25, -0.2) is 4.99 Å². The van der Waals surface area contributed by atoms with Crippen LogP contribution in [0.4, 0.5) is 0 Å². The van der Waals surface area contributed by atoms with Gasteiger partial charge < -0.3 is 20.4 Å². The van der Waals surface area contributed by atoms with Crippen molar-refractivity contribution in [2.24, 2.45) is 4.99 Å². The molecule has 6 nitrogen and oxygen atoms in total. The highest BCUT2D eigenvalue weighted by atomic mass is 127. The molecule has 0 atom stereocenters. The summed E-state index contributed by atoms with van der Waals surface area (Å²) in [6.45, 7) is 6.34. The van der Waals surface area contributed by atoms with Crippen LogP contribution >= 0.6 is 24.0 Å². The number of benzene rings is 1. The summed E-state index contributed by atoms with van der Waals surface area (Å²) in [6, 6.07) is 8.36. The van der Waals surface area contributed by atoms with Crippen molar-refractivity contribution in [3.63, 3.8) is 0 Å². The largest absolute Gasteiger partial charge is 0.357 e. The van der Waals surface area contributed by atoms with Crippen LogP contribution in [0.5, 0.6) is 0 Å². The molecule has 1 amide bonds. The van der Waals surface area contributed by atoms with E-state index in [1.807, 2.05) is 17.9 Å². The van der Waals surface area contributed by atoms with Gasteiger partial charge in [-0.15, -0.1) is 24.0 Å². The van der Waals surface area contributed by atoms with Crippen molar-refractivity contribution in [3.05, 3.63) is 35.4 Å². The molecule has 26 heavy (non-hydrogen) atoms. The molecule has 1 aromatic rings. The molecule has 1 fully saturated rings. The minimum atomic E-state index is 0. The van der Waals surface area contributed by atoms with Gasteiger partial charge in [0.2, 0.25) is 5.91 Å². The van der Waals surface area contributed by atoms with Crippen LogP contribution in [0.15, 0.2) is 29.3 Å². The first-order chi connectivity index (χ1) is 12.1. The maximum atomic E-state index is 12.2. The van der Waals surface area contributed by atoms with Gasteiger partial charge in [0.1, 0.15) is 0 Å². The molecule has 0 bridgehead atoms. The number of rotatable bonds is 7. The van der Waals surface area contributed by atoms with Crippen molar-refractivity contribution < 1.29 is 4.79 Å². The fourth-order valence-electron chi connectivity index (χ4n) is 2.95. The molecular formula is C19H32IN5O. The van der Waals surface area contributed by atoms with E-state index in [0.717, 1.165) is 39.0 Å². The second-order valence-corrected chi connectivity index (χ2v) is 6.64. The number of hydrogen-bond donors (Lipinski definition) is 2. The van der Waals surface area contributed by atoms with Crippen LogP contribution in [0.1, 0.15) is 30.9 Å². The Labute approximate surface area is 174 Å². The van der Waals surface area contributed by atoms with E-state index in [4.69, 9.17) is 0 Å². The molecule has 0 saturated carbocycles. The highest BCUT2D eigenvalue weighted by Gasteiger charge is 2.17. The lowest BCUT2D eigenvalue weighted by Crippen LogP contribution is -2.44. The van der Waals surface area contributed by atoms with Gasteiger partial charge in [-0.2, -0.15) is 0 Å². The monoisotopic (exact) mass is 473 g/mol. The Bertz CT molecular complexity index is 585. The van der Waals surface area contributed by atoms with Crippen molar-refractivity contribution in [2.75, 3.05) is 40.3 Å². The number of amides is 1. The molecule has 0 radical (unpaired) electrons. The van der Waals surface area contributed by atoms with Gasteiger partial charge in [0.25, 0.3) is 0 Å². The molecule has 0 aliphatic carbocycles. The summed E-state index contributed by atoms with van der Waals surface area (Å²) in [5, 5.41) is 6.38. The molecule has 1 aliphatic heterocycles. The number of carbonyl (C=O) groups is 1. The molecule has 1 aromatic carbocycles. The Balaban J connectivity index is 0.00000338. The van der Waals surface area contributed by atoms with Crippen molar-refractivity contribution in [3.8, 4) is 0 Å². The lowest BCUT2D eigenvalue weighted by molar-refractivity contribution is -0.128. The van der Waals surface area contributed by atoms with E-state index >= 15 is 0 Å². The summed E-state index contributed by atoms with van der Waals surface area (Å²) in [7, 11) is 4.13. The lowest BCUT2D eigenvalue weighted by atomic mass is 10.1. The van der Waals surface area contributed by atoms with Crippen molar-refractivity contribution in [1.29, 1.82) is 0 Å². The Morgan fingerprint density at radius 3 is 2.42 bits per heavy atom. The second kappa shape index (κ2) is 12.1. The number of guanidine groups is 1. The van der Waals surface area contributed by atoms with E-state index in [2.05, 4.69) is 52.8 Å². The fraction of sp³-hybridized carbons (Fsp3) is 0.579. The smallest absolute Gasteiger partial charge is 0.241 e. The number of aliphatic imine (C=N–C) groups is 1. The van der Waals surface area contributed by atoms with Gasteiger partial charge in [-0.05, 0) is 45.0 Å². The zero-order valence-electron chi connectivity index (χ0n) is 16.1. The van der Waals surface area contributed by atoms with Crippen LogP contribution in [-0.2, 0) is 17.9 Å². The summed E-state index contributed by atoms with van der Waals surface area (Å²) in [5.74, 6) is 0.839. The molecule has 2 N–H and O–H groups in total. The van der Waals surface area contributed by atoms with Crippen LogP contribution in [0.2, 0.25) is 0 Å². The number of nitrogens with zero attached hydrogens (tertiary/aromatic N) is 3. The number of halogens is 1. The molecule has 1 heterocycles. The van der Waals surface area contributed by atoms with Crippen molar-refractivity contribution in [2.45, 2.75) is 32.9 Å². The topological polar surface area (TPSA) is 60.0 Å². The quantitative estimate of drug-likeness (QED) is 0.362. The summed E-state index contributed by atoms with van der Waals surface area (Å²) >= 11 is 0. The van der Waals surface area contributed by atoms with Gasteiger partial charge in [0.05, 0.1) is 13.1 Å². The predicted molar refractivity (Wildman–Crippen MR) is 118 cm³/mol. The molecule has 1 saturated heterocycles. The summed E-state index contributed by atoms with van der Waals surface area (Å²) in [5.41, 5.74) is 2.49. The molecule has 2 rings (SSSR count). The van der Waals surface area contributed by atoms with Crippen LogP contribution < -0.4 is 10.6 Å². The van der Waals surface area contributed by atoms with E-state index in [9.17, 15) is 4.79 Å². The van der Waals surface area contributed by atoms with E-state index in [0.29, 0.717) is 19.0 Å². The lowest BCUT2D eigenvalue weighted by Gasteiger charge is -2.17. The normalized spacial score (nSPS) is 14.3. The van der Waals surface area contributed by atoms with E-state index < -0.39 is 0 Å². The first-order valence-electron chi connectivity index (χ1n) is 9.11. The van der Waals surface area contributed by atoms with Crippen LogP contribution in [0.3, 0.4) is 0 Å². The standard InChI is InChI=1S/C19H31N5O.HI/c1-4-20-19(22-14-18(25)24-11-7-8-12-24)21-13-16-9-5-6-10-17(16)15-23(2)3;/h5-6,9-10H,4,7-8,11-15H2,1-3H3,(H2,20,21,22);1H. The number of carbonyl (C=O) groups excluding carboxylic acids is 1. The molecule has 146 valence electrons. The Morgan fingerprint density at radius 2 is 1.81 bits per heavy atom. The van der Waals surface area contributed by atoms with Crippen LogP contribution in [-0.4, -0.2) is 61.9 Å². The predicted octanol–water partition coefficient (Wildman–Crippen LogP) is 2.04. The van der Waals surface area contributed by atoms with Crippen LogP contribution in [0.25, 0.3) is 0 Å². The van der Waals surface area contributed by atoms with Gasteiger partial charge in [0, 0.05) is 26.2 Å². The minimum absolute atomic E-state index is 0. The van der Waals surface area contributed by atoms with Crippen molar-refractivity contribution in [1.82, 2.24) is 20.4 Å². The molecule has 0 aromatic heterocycles. The second-order valence-electron chi connectivity index (χ2n) is 6.64. The third-order valence-corrected chi connectivity index (χ3v) is 4.22. The minimum Gasteiger partial charge on any atom is -0.357 e. The Hall–Kier alpha value is -1.35. The SMILES string of the molecule is CCNC(=NCc1ccccc1CN(C)C)NCC(=O)N1CCCC1.I. The fourth-order valence-corrected chi connectivity index (χ4v) is 2.95. The number of likely N-dealkylation sites (tertiary alicyclic amines) is 1. The summed E-state index contributed by atoms with van der Waals surface area (Å²) in [4.78, 5) is 20.9. The number of hydrogen-bond acceptors (Lipinski definition) is 3. The zero-order chi connectivity index (χ0) is 18.1. The maximum absolute atomic E-state index is 12.2. The van der Waals surface area contributed by atoms with E-state index in [1.54, 1.807) is 0 Å². The van der Waals surface area contributed by atoms with Crippen molar-refractivity contribution >= 4 is 35.8 Å². The molecule has 0 spiro atoms. The molecule has 7 heteroatoms. The van der Waals surface area contributed by atoms with E-state index in [1.165, 1.54) is 11.1 Å². The van der Waals surface area contributed by atoms with Crippen LogP contribution in [0, 0.1) is 0 Å².